The fourth-order valence-corrected chi connectivity index (χ4v) is 6.56. The summed E-state index contributed by atoms with van der Waals surface area (Å²) in [5.41, 5.74) is 3.97. The van der Waals surface area contributed by atoms with E-state index in [1.165, 1.54) is 30.3 Å². The molecule has 0 spiro atoms. The first kappa shape index (κ1) is 25.5. The van der Waals surface area contributed by atoms with Gasteiger partial charge in [0.25, 0.3) is 0 Å². The summed E-state index contributed by atoms with van der Waals surface area (Å²) in [6.07, 6.45) is 4.00. The van der Waals surface area contributed by atoms with Crippen LogP contribution in [0.25, 0.3) is 0 Å². The lowest BCUT2D eigenvalue weighted by atomic mass is 9.71. The van der Waals surface area contributed by atoms with Crippen molar-refractivity contribution in [3.63, 3.8) is 0 Å². The zero-order valence-corrected chi connectivity index (χ0v) is 22.3. The van der Waals surface area contributed by atoms with Gasteiger partial charge in [0.15, 0.2) is 23.1 Å². The van der Waals surface area contributed by atoms with Gasteiger partial charge in [0.1, 0.15) is 4.90 Å². The van der Waals surface area contributed by atoms with Crippen molar-refractivity contribution in [2.45, 2.75) is 56.3 Å². The molecule has 0 N–H and O–H groups in total. The van der Waals surface area contributed by atoms with Crippen LogP contribution in [0.5, 0.6) is 11.5 Å². The van der Waals surface area contributed by atoms with Gasteiger partial charge in [0.05, 0.1) is 6.61 Å². The topological polar surface area (TPSA) is 90.0 Å². The molecule has 1 aliphatic heterocycles. The fourth-order valence-electron chi connectivity index (χ4n) is 5.49. The molecule has 7 nitrogen and oxygen atoms in total. The first-order valence-electron chi connectivity index (χ1n) is 12.4. The van der Waals surface area contributed by atoms with Crippen LogP contribution in [-0.2, 0) is 19.7 Å². The molecule has 2 aromatic rings. The standard InChI is InChI=1S/C28H28ClNO6S/c1-3-35-25-16-17(10-15-24(25)36-37(33,34)19-13-11-18(29)12-14-19)26-27-20(6-4-8-22(27)31)30(2)21-7-5-9-23(32)28(21)26/h10-16,26H,3-9H2,1-2H3. The summed E-state index contributed by atoms with van der Waals surface area (Å²) in [7, 11) is -2.20. The van der Waals surface area contributed by atoms with Crippen molar-refractivity contribution in [3.8, 4) is 11.5 Å². The maximum atomic E-state index is 13.2. The lowest BCUT2D eigenvalue weighted by Crippen LogP contribution is -2.37. The van der Waals surface area contributed by atoms with E-state index in [0.717, 1.165) is 37.1 Å². The smallest absolute Gasteiger partial charge is 0.339 e. The Bertz CT molecular complexity index is 1400. The molecule has 9 heteroatoms. The highest BCUT2D eigenvalue weighted by atomic mass is 35.5. The summed E-state index contributed by atoms with van der Waals surface area (Å²) in [5.74, 6) is -0.157. The average molecular weight is 542 g/mol. The van der Waals surface area contributed by atoms with E-state index in [2.05, 4.69) is 4.90 Å². The Morgan fingerprint density at radius 3 is 2.05 bits per heavy atom. The number of carbonyl (C=O) groups is 2. The van der Waals surface area contributed by atoms with Crippen molar-refractivity contribution in [2.24, 2.45) is 0 Å². The summed E-state index contributed by atoms with van der Waals surface area (Å²) in [6, 6.07) is 10.7. The number of ketones is 2. The molecule has 0 unspecified atom stereocenters. The molecule has 0 saturated heterocycles. The highest BCUT2D eigenvalue weighted by Gasteiger charge is 2.42. The molecule has 3 aliphatic rings. The van der Waals surface area contributed by atoms with Gasteiger partial charge >= 0.3 is 10.1 Å². The van der Waals surface area contributed by atoms with Gasteiger partial charge in [0, 0.05) is 53.4 Å². The number of carbonyl (C=O) groups excluding carboxylic acids is 2. The molecule has 5 rings (SSSR count). The van der Waals surface area contributed by atoms with E-state index < -0.39 is 16.0 Å². The van der Waals surface area contributed by atoms with Crippen LogP contribution in [0.3, 0.4) is 0 Å². The van der Waals surface area contributed by atoms with Crippen LogP contribution in [0.4, 0.5) is 0 Å². The number of benzene rings is 2. The molecular weight excluding hydrogens is 514 g/mol. The molecule has 2 aromatic carbocycles. The number of ether oxygens (including phenoxy) is 1. The second-order valence-electron chi connectivity index (χ2n) is 9.40. The second-order valence-corrected chi connectivity index (χ2v) is 11.4. The van der Waals surface area contributed by atoms with E-state index >= 15 is 0 Å². The van der Waals surface area contributed by atoms with Crippen LogP contribution in [0.2, 0.25) is 5.02 Å². The predicted molar refractivity (Wildman–Crippen MR) is 139 cm³/mol. The zero-order chi connectivity index (χ0) is 26.3. The van der Waals surface area contributed by atoms with Gasteiger partial charge < -0.3 is 13.8 Å². The molecule has 2 aliphatic carbocycles. The minimum Gasteiger partial charge on any atom is -0.490 e. The van der Waals surface area contributed by atoms with Crippen LogP contribution in [-0.4, -0.2) is 38.5 Å². The van der Waals surface area contributed by atoms with Crippen molar-refractivity contribution >= 4 is 33.3 Å². The first-order chi connectivity index (χ1) is 17.7. The normalized spacial score (nSPS) is 18.6. The number of rotatable bonds is 6. The van der Waals surface area contributed by atoms with E-state index in [-0.39, 0.29) is 34.6 Å². The molecular formula is C28H28ClNO6S. The number of Topliss-reactive ketones (excluding diaryl/α,β-unsaturated/α-hetero) is 2. The van der Waals surface area contributed by atoms with Gasteiger partial charge in [-0.25, -0.2) is 0 Å². The summed E-state index contributed by atoms with van der Waals surface area (Å²) < 4.78 is 37.1. The van der Waals surface area contributed by atoms with Gasteiger partial charge in [-0.1, -0.05) is 17.7 Å². The van der Waals surface area contributed by atoms with E-state index in [1.807, 2.05) is 7.05 Å². The summed E-state index contributed by atoms with van der Waals surface area (Å²) in [6.45, 7) is 2.06. The SMILES string of the molecule is CCOc1cc(C2C3=C(CCCC3=O)N(C)C3=C2C(=O)CCC3)ccc1OS(=O)(=O)c1ccc(Cl)cc1. The van der Waals surface area contributed by atoms with E-state index in [9.17, 15) is 18.0 Å². The van der Waals surface area contributed by atoms with Crippen LogP contribution in [0.1, 0.15) is 56.9 Å². The Hall–Kier alpha value is -3.10. The molecule has 0 atom stereocenters. The summed E-state index contributed by atoms with van der Waals surface area (Å²) in [5, 5.41) is 0.410. The maximum absolute atomic E-state index is 13.2. The Morgan fingerprint density at radius 1 is 0.892 bits per heavy atom. The molecule has 194 valence electrons. The first-order valence-corrected chi connectivity index (χ1v) is 14.2. The van der Waals surface area contributed by atoms with Crippen LogP contribution < -0.4 is 8.92 Å². The number of hydrogen-bond donors (Lipinski definition) is 0. The third kappa shape index (κ3) is 4.68. The highest BCUT2D eigenvalue weighted by Crippen LogP contribution is 2.49. The number of halogens is 1. The lowest BCUT2D eigenvalue weighted by Gasteiger charge is -2.42. The van der Waals surface area contributed by atoms with E-state index in [0.29, 0.717) is 34.6 Å². The minimum atomic E-state index is -4.14. The van der Waals surface area contributed by atoms with Gasteiger partial charge in [-0.3, -0.25) is 9.59 Å². The Labute approximate surface area is 221 Å². The lowest BCUT2D eigenvalue weighted by molar-refractivity contribution is -0.117. The predicted octanol–water partition coefficient (Wildman–Crippen LogP) is 5.55. The quantitative estimate of drug-likeness (QED) is 0.443. The van der Waals surface area contributed by atoms with Crippen LogP contribution in [0, 0.1) is 0 Å². The Morgan fingerprint density at radius 2 is 1.49 bits per heavy atom. The molecule has 37 heavy (non-hydrogen) atoms. The number of hydrogen-bond acceptors (Lipinski definition) is 7. The third-order valence-electron chi connectivity index (χ3n) is 7.15. The largest absolute Gasteiger partial charge is 0.490 e. The molecule has 1 heterocycles. The highest BCUT2D eigenvalue weighted by molar-refractivity contribution is 7.87. The van der Waals surface area contributed by atoms with Gasteiger partial charge in [-0.15, -0.1) is 0 Å². The van der Waals surface area contributed by atoms with Gasteiger partial charge in [-0.2, -0.15) is 8.42 Å². The van der Waals surface area contributed by atoms with Crippen molar-refractivity contribution in [2.75, 3.05) is 13.7 Å². The summed E-state index contributed by atoms with van der Waals surface area (Å²) >= 11 is 5.89. The average Bonchev–Trinajstić information content (AvgIpc) is 2.87. The van der Waals surface area contributed by atoms with Gasteiger partial charge in [-0.05, 0) is 74.6 Å². The van der Waals surface area contributed by atoms with Crippen molar-refractivity contribution < 1.29 is 26.9 Å². The molecule has 0 aromatic heterocycles. The van der Waals surface area contributed by atoms with Crippen molar-refractivity contribution in [1.82, 2.24) is 4.90 Å². The second kappa shape index (κ2) is 9.99. The molecule has 0 radical (unpaired) electrons. The summed E-state index contributed by atoms with van der Waals surface area (Å²) in [4.78, 5) is 28.5. The molecule has 0 bridgehead atoms. The third-order valence-corrected chi connectivity index (χ3v) is 8.65. The molecule has 0 fully saturated rings. The number of allylic oxidation sites excluding steroid dienone is 4. The van der Waals surface area contributed by atoms with Crippen LogP contribution in [0.15, 0.2) is 69.9 Å². The van der Waals surface area contributed by atoms with Gasteiger partial charge in [0.2, 0.25) is 0 Å². The maximum Gasteiger partial charge on any atom is 0.339 e. The molecule has 0 amide bonds. The molecule has 0 saturated carbocycles. The minimum absolute atomic E-state index is 0.0295. The Balaban J connectivity index is 1.60. The number of nitrogens with zero attached hydrogens (tertiary/aromatic N) is 1. The van der Waals surface area contributed by atoms with Crippen molar-refractivity contribution in [1.29, 1.82) is 0 Å². The monoisotopic (exact) mass is 541 g/mol. The van der Waals surface area contributed by atoms with E-state index in [4.69, 9.17) is 20.5 Å². The Kier molecular flexibility index (Phi) is 6.89. The zero-order valence-electron chi connectivity index (χ0n) is 20.8. The van der Waals surface area contributed by atoms with E-state index in [1.54, 1.807) is 19.1 Å². The van der Waals surface area contributed by atoms with Crippen LogP contribution >= 0.6 is 11.6 Å². The van der Waals surface area contributed by atoms with Crippen molar-refractivity contribution in [3.05, 3.63) is 75.6 Å². The fraction of sp³-hybridized carbons (Fsp3) is 0.357.